The van der Waals surface area contributed by atoms with Crippen molar-refractivity contribution in [2.75, 3.05) is 43.4 Å². The van der Waals surface area contributed by atoms with Crippen molar-refractivity contribution in [3.8, 4) is 5.75 Å². The molecule has 2 aromatic carbocycles. The van der Waals surface area contributed by atoms with Crippen molar-refractivity contribution in [2.24, 2.45) is 0 Å². The van der Waals surface area contributed by atoms with Gasteiger partial charge in [-0.25, -0.2) is 4.98 Å². The van der Waals surface area contributed by atoms with Gasteiger partial charge in [0.1, 0.15) is 11.6 Å². The Morgan fingerprint density at radius 2 is 1.63 bits per heavy atom. The molecule has 1 heterocycles. The van der Waals surface area contributed by atoms with E-state index in [2.05, 4.69) is 55.1 Å². The molecule has 0 fully saturated rings. The summed E-state index contributed by atoms with van der Waals surface area (Å²) in [6, 6.07) is 14.0. The van der Waals surface area contributed by atoms with Crippen LogP contribution in [0.1, 0.15) is 53.0 Å². The first kappa shape index (κ1) is 26.7. The number of hydrogen-bond donors (Lipinski definition) is 3. The molecule has 7 nitrogen and oxygen atoms in total. The molecule has 0 aliphatic carbocycles. The topological polar surface area (TPSA) is 76.6 Å². The Labute approximate surface area is 210 Å². The van der Waals surface area contributed by atoms with Crippen molar-refractivity contribution in [1.82, 2.24) is 19.8 Å². The molecule has 0 amide bonds. The van der Waals surface area contributed by atoms with Gasteiger partial charge in [0.2, 0.25) is 5.95 Å². The Balaban J connectivity index is 1.79. The average molecular weight is 479 g/mol. The number of phenols is 1. The van der Waals surface area contributed by atoms with Gasteiger partial charge in [0.15, 0.2) is 0 Å². The SMILES string of the molecule is CCN(CC)CCCC(C)Nc1nc(Nc2ccc(O)c(CN(CC)CC)c2)c2ccccc2n1. The lowest BCUT2D eigenvalue weighted by Gasteiger charge is -2.20. The molecule has 0 aliphatic heterocycles. The number of rotatable bonds is 14. The maximum atomic E-state index is 10.4. The predicted octanol–water partition coefficient (Wildman–Crippen LogP) is 5.84. The van der Waals surface area contributed by atoms with Crippen molar-refractivity contribution in [2.45, 2.75) is 60.0 Å². The molecule has 0 saturated carbocycles. The highest BCUT2D eigenvalue weighted by atomic mass is 16.3. The van der Waals surface area contributed by atoms with E-state index >= 15 is 0 Å². The molecular weight excluding hydrogens is 436 g/mol. The number of aromatic nitrogens is 2. The number of para-hydroxylation sites is 1. The van der Waals surface area contributed by atoms with Crippen LogP contribution in [0.3, 0.4) is 0 Å². The minimum absolute atomic E-state index is 0.272. The summed E-state index contributed by atoms with van der Waals surface area (Å²) >= 11 is 0. The molecular formula is C28H42N6O. The zero-order valence-corrected chi connectivity index (χ0v) is 22.0. The van der Waals surface area contributed by atoms with Crippen LogP contribution in [0.2, 0.25) is 0 Å². The van der Waals surface area contributed by atoms with E-state index in [0.717, 1.165) is 73.5 Å². The number of hydrogen-bond acceptors (Lipinski definition) is 7. The summed E-state index contributed by atoms with van der Waals surface area (Å²) in [6.07, 6.45) is 2.19. The molecule has 1 aromatic heterocycles. The Morgan fingerprint density at radius 1 is 0.914 bits per heavy atom. The molecule has 7 heteroatoms. The fourth-order valence-electron chi connectivity index (χ4n) is 4.30. The van der Waals surface area contributed by atoms with E-state index in [4.69, 9.17) is 9.97 Å². The summed E-state index contributed by atoms with van der Waals surface area (Å²) in [6.45, 7) is 16.8. The van der Waals surface area contributed by atoms with Crippen LogP contribution in [-0.2, 0) is 6.54 Å². The fourth-order valence-corrected chi connectivity index (χ4v) is 4.30. The monoisotopic (exact) mass is 478 g/mol. The van der Waals surface area contributed by atoms with Gasteiger partial charge in [0.05, 0.1) is 5.52 Å². The van der Waals surface area contributed by atoms with Gasteiger partial charge < -0.3 is 20.6 Å². The van der Waals surface area contributed by atoms with Gasteiger partial charge in [-0.15, -0.1) is 0 Å². The standard InChI is InChI=1S/C28H42N6O/c1-6-33(7-2)18-12-13-21(5)29-28-31-25-15-11-10-14-24(25)27(32-28)30-23-16-17-26(35)22(19-23)20-34(8-3)9-4/h10-11,14-17,19,21,35H,6-9,12-13,18,20H2,1-5H3,(H2,29,30,31,32). The lowest BCUT2D eigenvalue weighted by Crippen LogP contribution is -2.26. The van der Waals surface area contributed by atoms with Crippen LogP contribution in [0.5, 0.6) is 5.75 Å². The maximum Gasteiger partial charge on any atom is 0.225 e. The molecule has 0 bridgehead atoms. The summed E-state index contributed by atoms with van der Waals surface area (Å²) in [5, 5.41) is 18.4. The first-order valence-electron chi connectivity index (χ1n) is 13.0. The normalized spacial score (nSPS) is 12.4. The highest BCUT2D eigenvalue weighted by Gasteiger charge is 2.13. The number of nitrogens with zero attached hydrogens (tertiary/aromatic N) is 4. The minimum Gasteiger partial charge on any atom is -0.508 e. The molecule has 3 aromatic rings. The van der Waals surface area contributed by atoms with Crippen LogP contribution in [-0.4, -0.2) is 63.6 Å². The van der Waals surface area contributed by atoms with Crippen LogP contribution in [0.4, 0.5) is 17.5 Å². The van der Waals surface area contributed by atoms with Crippen LogP contribution < -0.4 is 10.6 Å². The number of phenolic OH excluding ortho intramolecular Hbond substituents is 1. The average Bonchev–Trinajstić information content (AvgIpc) is 2.87. The summed E-state index contributed by atoms with van der Waals surface area (Å²) in [4.78, 5) is 14.3. The molecule has 1 atom stereocenters. The van der Waals surface area contributed by atoms with Crippen LogP contribution in [0, 0.1) is 0 Å². The van der Waals surface area contributed by atoms with Crippen molar-refractivity contribution in [1.29, 1.82) is 0 Å². The zero-order chi connectivity index (χ0) is 25.2. The molecule has 3 rings (SSSR count). The molecule has 190 valence electrons. The second-order valence-electron chi connectivity index (χ2n) is 9.06. The van der Waals surface area contributed by atoms with E-state index in [1.807, 2.05) is 36.4 Å². The molecule has 0 aliphatic rings. The Hall–Kier alpha value is -2.90. The highest BCUT2D eigenvalue weighted by Crippen LogP contribution is 2.29. The third-order valence-electron chi connectivity index (χ3n) is 6.62. The van der Waals surface area contributed by atoms with E-state index in [1.54, 1.807) is 6.07 Å². The number of nitrogens with one attached hydrogen (secondary N) is 2. The zero-order valence-electron chi connectivity index (χ0n) is 22.0. The Morgan fingerprint density at radius 3 is 2.34 bits per heavy atom. The van der Waals surface area contributed by atoms with Crippen LogP contribution in [0.25, 0.3) is 10.9 Å². The van der Waals surface area contributed by atoms with E-state index < -0.39 is 0 Å². The van der Waals surface area contributed by atoms with Crippen molar-refractivity contribution in [3.05, 3.63) is 48.0 Å². The maximum absolute atomic E-state index is 10.4. The van der Waals surface area contributed by atoms with E-state index in [-0.39, 0.29) is 6.04 Å². The summed E-state index contributed by atoms with van der Waals surface area (Å²) in [5.74, 6) is 1.70. The third-order valence-corrected chi connectivity index (χ3v) is 6.62. The molecule has 0 saturated heterocycles. The third kappa shape index (κ3) is 7.54. The van der Waals surface area contributed by atoms with Gasteiger partial charge in [-0.3, -0.25) is 4.90 Å². The number of benzene rings is 2. The minimum atomic E-state index is 0.272. The van der Waals surface area contributed by atoms with Gasteiger partial charge in [-0.1, -0.05) is 39.8 Å². The van der Waals surface area contributed by atoms with Gasteiger partial charge in [-0.2, -0.15) is 4.98 Å². The number of anilines is 3. The molecule has 0 spiro atoms. The molecule has 3 N–H and O–H groups in total. The first-order chi connectivity index (χ1) is 17.0. The lowest BCUT2D eigenvalue weighted by atomic mass is 10.1. The lowest BCUT2D eigenvalue weighted by molar-refractivity contribution is 0.291. The van der Waals surface area contributed by atoms with Gasteiger partial charge in [0, 0.05) is 29.2 Å². The molecule has 35 heavy (non-hydrogen) atoms. The quantitative estimate of drug-likeness (QED) is 0.251. The van der Waals surface area contributed by atoms with E-state index in [0.29, 0.717) is 18.2 Å². The summed E-state index contributed by atoms with van der Waals surface area (Å²) in [7, 11) is 0. The largest absolute Gasteiger partial charge is 0.508 e. The van der Waals surface area contributed by atoms with Gasteiger partial charge in [-0.05, 0) is 82.8 Å². The van der Waals surface area contributed by atoms with E-state index in [9.17, 15) is 5.11 Å². The summed E-state index contributed by atoms with van der Waals surface area (Å²) in [5.41, 5.74) is 2.69. The predicted molar refractivity (Wildman–Crippen MR) is 148 cm³/mol. The first-order valence-corrected chi connectivity index (χ1v) is 13.0. The smallest absolute Gasteiger partial charge is 0.225 e. The van der Waals surface area contributed by atoms with Crippen LogP contribution >= 0.6 is 0 Å². The van der Waals surface area contributed by atoms with Gasteiger partial charge in [0.25, 0.3) is 0 Å². The molecule has 0 radical (unpaired) electrons. The van der Waals surface area contributed by atoms with Crippen molar-refractivity contribution < 1.29 is 5.11 Å². The number of fused-ring (bicyclic) bond motifs is 1. The van der Waals surface area contributed by atoms with Crippen LogP contribution in [0.15, 0.2) is 42.5 Å². The second kappa shape index (κ2) is 13.3. The Bertz CT molecular complexity index is 1060. The summed E-state index contributed by atoms with van der Waals surface area (Å²) < 4.78 is 0. The number of aromatic hydroxyl groups is 1. The molecule has 1 unspecified atom stereocenters. The van der Waals surface area contributed by atoms with Crippen molar-refractivity contribution in [3.63, 3.8) is 0 Å². The fraction of sp³-hybridized carbons (Fsp3) is 0.500. The second-order valence-corrected chi connectivity index (χ2v) is 9.06. The van der Waals surface area contributed by atoms with Crippen molar-refractivity contribution >= 4 is 28.4 Å². The van der Waals surface area contributed by atoms with E-state index in [1.165, 1.54) is 0 Å². The highest BCUT2D eigenvalue weighted by molar-refractivity contribution is 5.91. The Kier molecular flexibility index (Phi) is 10.1. The van der Waals surface area contributed by atoms with Gasteiger partial charge >= 0.3 is 0 Å².